The van der Waals surface area contributed by atoms with E-state index in [1.54, 1.807) is 18.5 Å². The minimum absolute atomic E-state index is 0.145. The lowest BCUT2D eigenvalue weighted by Crippen LogP contribution is -2.26. The fourth-order valence-corrected chi connectivity index (χ4v) is 2.10. The fraction of sp³-hybridized carbons (Fsp3) is 0.200. The van der Waals surface area contributed by atoms with Crippen molar-refractivity contribution in [3.05, 3.63) is 53.6 Å². The lowest BCUT2D eigenvalue weighted by Gasteiger charge is -2.21. The fourth-order valence-electron chi connectivity index (χ4n) is 2.10. The third kappa shape index (κ3) is 2.50. The molecule has 0 amide bonds. The molecule has 19 heavy (non-hydrogen) atoms. The molecule has 0 unspecified atom stereocenters. The third-order valence-electron chi connectivity index (χ3n) is 3.14. The number of aromatic nitrogens is 2. The molecule has 1 N–H and O–H groups in total. The number of nitrogens with one attached hydrogen (secondary N) is 1. The summed E-state index contributed by atoms with van der Waals surface area (Å²) in [5.41, 5.74) is 2.83. The van der Waals surface area contributed by atoms with Crippen LogP contribution in [-0.4, -0.2) is 27.2 Å². The van der Waals surface area contributed by atoms with Crippen LogP contribution in [0.4, 0.5) is 0 Å². The molecule has 1 aromatic carbocycles. The van der Waals surface area contributed by atoms with E-state index in [0.717, 1.165) is 18.7 Å². The molecule has 94 valence electrons. The lowest BCUT2D eigenvalue weighted by atomic mass is 10.1. The van der Waals surface area contributed by atoms with E-state index >= 15 is 0 Å². The van der Waals surface area contributed by atoms with Crippen molar-refractivity contribution in [1.82, 2.24) is 14.9 Å². The van der Waals surface area contributed by atoms with Crippen LogP contribution < -0.4 is 0 Å². The molecule has 2 heterocycles. The van der Waals surface area contributed by atoms with Gasteiger partial charge in [-0.3, -0.25) is 4.79 Å². The zero-order chi connectivity index (χ0) is 13.1. The predicted octanol–water partition coefficient (Wildman–Crippen LogP) is 1.61. The molecule has 0 saturated carbocycles. The van der Waals surface area contributed by atoms with Gasteiger partial charge in [0.1, 0.15) is 0 Å². The van der Waals surface area contributed by atoms with E-state index in [0.29, 0.717) is 12.1 Å². The Hall–Kier alpha value is -2.54. The maximum Gasteiger partial charge on any atom is 0.237 e. The highest BCUT2D eigenvalue weighted by atomic mass is 16.1. The molecule has 0 spiro atoms. The van der Waals surface area contributed by atoms with Crippen LogP contribution in [0.3, 0.4) is 0 Å². The van der Waals surface area contributed by atoms with E-state index in [1.165, 1.54) is 5.69 Å². The zero-order valence-corrected chi connectivity index (χ0v) is 10.4. The Morgan fingerprint density at radius 3 is 3.00 bits per heavy atom. The monoisotopic (exact) mass is 251 g/mol. The minimum atomic E-state index is -0.145. The molecule has 3 rings (SSSR count). The van der Waals surface area contributed by atoms with Gasteiger partial charge in [-0.2, -0.15) is 0 Å². The number of nitrogens with zero attached hydrogens (tertiary/aromatic N) is 2. The number of fused-ring (bicyclic) bond motifs is 1. The van der Waals surface area contributed by atoms with Crippen LogP contribution in [0, 0.1) is 12.0 Å². The predicted molar refractivity (Wildman–Crippen MR) is 71.3 cm³/mol. The van der Waals surface area contributed by atoms with Gasteiger partial charge >= 0.3 is 0 Å². The number of hydrogen-bond donors (Lipinski definition) is 1. The molecule has 0 bridgehead atoms. The van der Waals surface area contributed by atoms with Gasteiger partial charge in [0.2, 0.25) is 5.78 Å². The first-order valence-corrected chi connectivity index (χ1v) is 6.20. The number of carbonyl (C=O) groups excluding carboxylic acids is 1. The first-order chi connectivity index (χ1) is 9.33. The normalized spacial score (nSPS) is 13.4. The second-order valence-corrected chi connectivity index (χ2v) is 4.43. The second-order valence-electron chi connectivity index (χ2n) is 4.43. The van der Waals surface area contributed by atoms with Gasteiger partial charge < -0.3 is 9.88 Å². The molecule has 0 fully saturated rings. The van der Waals surface area contributed by atoms with Gasteiger partial charge in [0.05, 0.1) is 18.6 Å². The molecular weight excluding hydrogens is 238 g/mol. The summed E-state index contributed by atoms with van der Waals surface area (Å²) in [5, 5.41) is 0. The van der Waals surface area contributed by atoms with Crippen LogP contribution >= 0.6 is 0 Å². The molecule has 0 radical (unpaired) electrons. The smallest absolute Gasteiger partial charge is 0.237 e. The average Bonchev–Trinajstić information content (AvgIpc) is 2.93. The van der Waals surface area contributed by atoms with E-state index in [9.17, 15) is 4.79 Å². The van der Waals surface area contributed by atoms with Crippen molar-refractivity contribution >= 4 is 5.78 Å². The summed E-state index contributed by atoms with van der Waals surface area (Å²) in [4.78, 5) is 21.2. The van der Waals surface area contributed by atoms with Gasteiger partial charge in [0, 0.05) is 30.3 Å². The summed E-state index contributed by atoms with van der Waals surface area (Å²) >= 11 is 0. The average molecular weight is 251 g/mol. The van der Waals surface area contributed by atoms with Crippen LogP contribution in [-0.2, 0) is 13.0 Å². The Morgan fingerprint density at radius 2 is 2.16 bits per heavy atom. The Balaban J connectivity index is 1.71. The highest BCUT2D eigenvalue weighted by Crippen LogP contribution is 2.13. The number of hydrogen-bond acceptors (Lipinski definition) is 3. The summed E-state index contributed by atoms with van der Waals surface area (Å²) < 4.78 is 0. The van der Waals surface area contributed by atoms with Crippen LogP contribution in [0.5, 0.6) is 0 Å². The molecule has 0 atom stereocenters. The summed E-state index contributed by atoms with van der Waals surface area (Å²) in [6.07, 6.45) is 2.60. The number of ketones is 1. The van der Waals surface area contributed by atoms with Crippen molar-refractivity contribution in [1.29, 1.82) is 0 Å². The van der Waals surface area contributed by atoms with Crippen LogP contribution in [0.2, 0.25) is 0 Å². The van der Waals surface area contributed by atoms with Crippen molar-refractivity contribution < 1.29 is 4.79 Å². The van der Waals surface area contributed by atoms with E-state index in [-0.39, 0.29) is 5.78 Å². The topological polar surface area (TPSA) is 49.0 Å². The largest absolute Gasteiger partial charge is 0.348 e. The Labute approximate surface area is 111 Å². The summed E-state index contributed by atoms with van der Waals surface area (Å²) in [6.45, 7) is 1.50. The number of aromatic amines is 1. The Morgan fingerprint density at radius 1 is 1.32 bits per heavy atom. The van der Waals surface area contributed by atoms with E-state index in [4.69, 9.17) is 0 Å². The van der Waals surface area contributed by atoms with Gasteiger partial charge in [0.15, 0.2) is 0 Å². The summed E-state index contributed by atoms with van der Waals surface area (Å²) in [6, 6.07) is 12.0. The number of carbonyl (C=O) groups is 1. The number of imidazole rings is 1. The molecule has 1 aromatic heterocycles. The van der Waals surface area contributed by atoms with Gasteiger partial charge in [-0.1, -0.05) is 30.3 Å². The molecule has 4 heteroatoms. The van der Waals surface area contributed by atoms with Gasteiger partial charge in [-0.05, 0) is 5.92 Å². The van der Waals surface area contributed by atoms with Gasteiger partial charge in [-0.15, -0.1) is 0 Å². The van der Waals surface area contributed by atoms with Crippen LogP contribution in [0.1, 0.15) is 21.7 Å². The van der Waals surface area contributed by atoms with Crippen molar-refractivity contribution in [3.63, 3.8) is 0 Å². The summed E-state index contributed by atoms with van der Waals surface area (Å²) in [7, 11) is 0. The zero-order valence-electron chi connectivity index (χ0n) is 10.4. The molecule has 2 aromatic rings. The van der Waals surface area contributed by atoms with Crippen molar-refractivity contribution in [2.24, 2.45) is 0 Å². The van der Waals surface area contributed by atoms with E-state index in [1.807, 2.05) is 23.1 Å². The highest BCUT2D eigenvalue weighted by molar-refractivity contribution is 6.08. The highest BCUT2D eigenvalue weighted by Gasteiger charge is 2.15. The van der Waals surface area contributed by atoms with E-state index in [2.05, 4.69) is 21.9 Å². The van der Waals surface area contributed by atoms with Crippen molar-refractivity contribution in [2.45, 2.75) is 13.0 Å². The van der Waals surface area contributed by atoms with Crippen molar-refractivity contribution in [2.75, 3.05) is 6.54 Å². The minimum Gasteiger partial charge on any atom is -0.348 e. The van der Waals surface area contributed by atoms with Gasteiger partial charge in [-0.25, -0.2) is 4.98 Å². The number of Topliss-reactive ketones (excluding diaryl/α,β-unsaturated/α-hetero) is 1. The number of rotatable bonds is 1. The third-order valence-corrected chi connectivity index (χ3v) is 3.14. The quantitative estimate of drug-likeness (QED) is 0.619. The molecule has 4 nitrogen and oxygen atoms in total. The molecule has 1 aliphatic rings. The van der Waals surface area contributed by atoms with Crippen LogP contribution in [0.15, 0.2) is 36.7 Å². The summed E-state index contributed by atoms with van der Waals surface area (Å²) in [5.74, 6) is 2.55. The lowest BCUT2D eigenvalue weighted by molar-refractivity contribution is 0.105. The van der Waals surface area contributed by atoms with E-state index < -0.39 is 0 Å². The van der Waals surface area contributed by atoms with Crippen LogP contribution in [0.25, 0.3) is 0 Å². The van der Waals surface area contributed by atoms with Crippen molar-refractivity contribution in [3.8, 4) is 12.0 Å². The standard InChI is InChI=1S/C15H13N3O/c19-15(12-4-2-1-3-5-12)7-9-18-8-6-13-14(10-18)17-11-16-13/h1-5,11H,6,8,10H2,(H,16,17). The molecule has 1 aliphatic heterocycles. The number of H-pyrrole nitrogens is 1. The second kappa shape index (κ2) is 4.99. The Kier molecular flexibility index (Phi) is 3.03. The SMILES string of the molecule is O=C(C#CN1CCc2[nH]cnc2C1)c1ccccc1. The molecular formula is C15H13N3O. The molecule has 0 aliphatic carbocycles. The maximum absolute atomic E-state index is 11.9. The molecule has 0 saturated heterocycles. The maximum atomic E-state index is 11.9. The first-order valence-electron chi connectivity index (χ1n) is 6.20. The first kappa shape index (κ1) is 11.5. The van der Waals surface area contributed by atoms with Gasteiger partial charge in [0.25, 0.3) is 0 Å². The Bertz CT molecular complexity index is 649. The number of benzene rings is 1.